The number of rotatable bonds is 9. The molecule has 0 amide bonds. The molecular weight excluding hydrogens is 346 g/mol. The van der Waals surface area contributed by atoms with Gasteiger partial charge in [0.05, 0.1) is 30.4 Å². The first kappa shape index (κ1) is 20.2. The van der Waals surface area contributed by atoms with E-state index in [1.807, 2.05) is 13.8 Å². The van der Waals surface area contributed by atoms with Gasteiger partial charge in [0.15, 0.2) is 5.96 Å². The van der Waals surface area contributed by atoms with Crippen LogP contribution in [0.2, 0.25) is 0 Å². The summed E-state index contributed by atoms with van der Waals surface area (Å²) >= 11 is 1.73. The molecule has 26 heavy (non-hydrogen) atoms. The number of hydrogen-bond acceptors (Lipinski definition) is 5. The molecule has 0 aliphatic carbocycles. The predicted molar refractivity (Wildman–Crippen MR) is 110 cm³/mol. The van der Waals surface area contributed by atoms with Crippen molar-refractivity contribution in [3.8, 4) is 0 Å². The Kier molecular flexibility index (Phi) is 8.37. The van der Waals surface area contributed by atoms with E-state index in [-0.39, 0.29) is 0 Å². The summed E-state index contributed by atoms with van der Waals surface area (Å²) in [7, 11) is 1.70. The maximum Gasteiger partial charge on any atom is 0.191 e. The third-order valence-corrected chi connectivity index (χ3v) is 4.84. The number of nitrogens with zero attached hydrogens (tertiary/aromatic N) is 2. The van der Waals surface area contributed by atoms with Crippen LogP contribution in [0.15, 0.2) is 29.3 Å². The fourth-order valence-electron chi connectivity index (χ4n) is 2.44. The van der Waals surface area contributed by atoms with Gasteiger partial charge in [-0.2, -0.15) is 0 Å². The lowest BCUT2D eigenvalue weighted by Gasteiger charge is -2.11. The number of ether oxygens (including phenoxy) is 1. The fraction of sp³-hybridized carbons (Fsp3) is 0.474. The van der Waals surface area contributed by atoms with Crippen molar-refractivity contribution in [2.75, 3.05) is 32.1 Å². The minimum atomic E-state index is 0.633. The maximum absolute atomic E-state index is 5.04. The third kappa shape index (κ3) is 6.65. The number of methoxy groups -OCH3 is 1. The highest BCUT2D eigenvalue weighted by molar-refractivity contribution is 7.11. The molecule has 0 aliphatic rings. The van der Waals surface area contributed by atoms with Gasteiger partial charge in [0.2, 0.25) is 0 Å². The van der Waals surface area contributed by atoms with Crippen LogP contribution < -0.4 is 16.0 Å². The first-order valence-electron chi connectivity index (χ1n) is 8.89. The van der Waals surface area contributed by atoms with E-state index in [1.165, 1.54) is 10.4 Å². The summed E-state index contributed by atoms with van der Waals surface area (Å²) in [6, 6.07) is 8.34. The summed E-state index contributed by atoms with van der Waals surface area (Å²) in [5, 5.41) is 11.1. The van der Waals surface area contributed by atoms with Crippen molar-refractivity contribution >= 4 is 23.0 Å². The highest BCUT2D eigenvalue weighted by Crippen LogP contribution is 2.16. The quantitative estimate of drug-likeness (QED) is 0.357. The van der Waals surface area contributed by atoms with E-state index in [1.54, 1.807) is 18.4 Å². The zero-order valence-corrected chi connectivity index (χ0v) is 16.9. The highest BCUT2D eigenvalue weighted by Gasteiger charge is 2.05. The van der Waals surface area contributed by atoms with E-state index in [2.05, 4.69) is 57.1 Å². The molecule has 0 bridgehead atoms. The number of guanidine groups is 1. The van der Waals surface area contributed by atoms with Crippen LogP contribution in [-0.4, -0.2) is 37.7 Å². The van der Waals surface area contributed by atoms with Gasteiger partial charge < -0.3 is 20.7 Å². The molecule has 0 saturated heterocycles. The molecule has 3 N–H and O–H groups in total. The number of benzene rings is 1. The molecule has 0 unspecified atom stereocenters. The monoisotopic (exact) mass is 375 g/mol. The van der Waals surface area contributed by atoms with Gasteiger partial charge in [0.25, 0.3) is 0 Å². The lowest BCUT2D eigenvalue weighted by Crippen LogP contribution is -2.36. The van der Waals surface area contributed by atoms with Gasteiger partial charge in [0, 0.05) is 30.8 Å². The van der Waals surface area contributed by atoms with E-state index in [4.69, 9.17) is 4.74 Å². The summed E-state index contributed by atoms with van der Waals surface area (Å²) in [5.74, 6) is 0.820. The average molecular weight is 376 g/mol. The molecule has 2 aromatic rings. The zero-order chi connectivity index (χ0) is 18.8. The van der Waals surface area contributed by atoms with Crippen LogP contribution in [0.3, 0.4) is 0 Å². The highest BCUT2D eigenvalue weighted by atomic mass is 32.1. The molecule has 1 heterocycles. The molecule has 0 spiro atoms. The van der Waals surface area contributed by atoms with Crippen molar-refractivity contribution in [2.45, 2.75) is 33.9 Å². The van der Waals surface area contributed by atoms with E-state index >= 15 is 0 Å². The standard InChI is InChI=1S/C19H29N5OS/c1-5-20-19(23-13-18-14(2)24-15(3)26-18)22-12-16-6-8-17(9-7-16)21-10-11-25-4/h6-9,21H,5,10-13H2,1-4H3,(H2,20,22,23). The smallest absolute Gasteiger partial charge is 0.191 e. The summed E-state index contributed by atoms with van der Waals surface area (Å²) in [4.78, 5) is 10.4. The Bertz CT molecular complexity index is 696. The molecule has 0 saturated carbocycles. The number of thiazole rings is 1. The second-order valence-electron chi connectivity index (χ2n) is 5.91. The number of aryl methyl sites for hydroxylation is 2. The Morgan fingerprint density at radius 3 is 2.58 bits per heavy atom. The second kappa shape index (κ2) is 10.8. The fourth-order valence-corrected chi connectivity index (χ4v) is 3.32. The average Bonchev–Trinajstić information content (AvgIpc) is 2.96. The zero-order valence-electron chi connectivity index (χ0n) is 16.1. The summed E-state index contributed by atoms with van der Waals surface area (Å²) in [6.07, 6.45) is 0. The van der Waals surface area contributed by atoms with Crippen molar-refractivity contribution in [2.24, 2.45) is 4.99 Å². The normalized spacial score (nSPS) is 11.5. The van der Waals surface area contributed by atoms with Crippen LogP contribution in [0.5, 0.6) is 0 Å². The second-order valence-corrected chi connectivity index (χ2v) is 7.19. The van der Waals surface area contributed by atoms with Gasteiger partial charge in [-0.1, -0.05) is 12.1 Å². The Hall–Kier alpha value is -2.12. The molecular formula is C19H29N5OS. The van der Waals surface area contributed by atoms with Crippen LogP contribution in [-0.2, 0) is 17.8 Å². The van der Waals surface area contributed by atoms with E-state index < -0.39 is 0 Å². The lowest BCUT2D eigenvalue weighted by atomic mass is 10.2. The van der Waals surface area contributed by atoms with Crippen molar-refractivity contribution in [3.63, 3.8) is 0 Å². The van der Waals surface area contributed by atoms with Crippen molar-refractivity contribution in [1.82, 2.24) is 15.6 Å². The lowest BCUT2D eigenvalue weighted by molar-refractivity contribution is 0.211. The van der Waals surface area contributed by atoms with Crippen molar-refractivity contribution in [1.29, 1.82) is 0 Å². The number of aromatic nitrogens is 1. The molecule has 0 fully saturated rings. The molecule has 0 atom stereocenters. The molecule has 1 aromatic heterocycles. The SMILES string of the molecule is CCNC(=NCc1ccc(NCCOC)cc1)NCc1sc(C)nc1C. The first-order valence-corrected chi connectivity index (χ1v) is 9.70. The molecule has 2 rings (SSSR count). The summed E-state index contributed by atoms with van der Waals surface area (Å²) in [5.41, 5.74) is 3.35. The summed E-state index contributed by atoms with van der Waals surface area (Å²) < 4.78 is 5.04. The maximum atomic E-state index is 5.04. The third-order valence-electron chi connectivity index (χ3n) is 3.77. The summed E-state index contributed by atoms with van der Waals surface area (Å²) in [6.45, 7) is 9.86. The number of anilines is 1. The van der Waals surface area contributed by atoms with Crippen LogP contribution in [0.25, 0.3) is 0 Å². The largest absolute Gasteiger partial charge is 0.383 e. The van der Waals surface area contributed by atoms with Gasteiger partial charge in [-0.15, -0.1) is 11.3 Å². The van der Waals surface area contributed by atoms with Gasteiger partial charge in [-0.25, -0.2) is 9.98 Å². The molecule has 6 nitrogen and oxygen atoms in total. The topological polar surface area (TPSA) is 70.6 Å². The van der Waals surface area contributed by atoms with E-state index in [0.29, 0.717) is 13.2 Å². The van der Waals surface area contributed by atoms with E-state index in [9.17, 15) is 0 Å². The number of nitrogens with one attached hydrogen (secondary N) is 3. The van der Waals surface area contributed by atoms with Crippen LogP contribution in [0.4, 0.5) is 5.69 Å². The number of hydrogen-bond donors (Lipinski definition) is 3. The van der Waals surface area contributed by atoms with Crippen LogP contribution >= 0.6 is 11.3 Å². The van der Waals surface area contributed by atoms with Gasteiger partial charge >= 0.3 is 0 Å². The Morgan fingerprint density at radius 1 is 1.19 bits per heavy atom. The van der Waals surface area contributed by atoms with Crippen molar-refractivity contribution in [3.05, 3.63) is 45.4 Å². The van der Waals surface area contributed by atoms with Gasteiger partial charge in [-0.3, -0.25) is 0 Å². The molecule has 7 heteroatoms. The first-order chi connectivity index (χ1) is 12.6. The van der Waals surface area contributed by atoms with Gasteiger partial charge in [0.1, 0.15) is 0 Å². The molecule has 0 aliphatic heterocycles. The van der Waals surface area contributed by atoms with E-state index in [0.717, 1.165) is 42.0 Å². The Morgan fingerprint density at radius 2 is 1.96 bits per heavy atom. The molecule has 0 radical (unpaired) electrons. The minimum absolute atomic E-state index is 0.633. The number of aliphatic imine (C=N–C) groups is 1. The minimum Gasteiger partial charge on any atom is -0.383 e. The Labute approximate surface area is 160 Å². The predicted octanol–water partition coefficient (Wildman–Crippen LogP) is 3.07. The van der Waals surface area contributed by atoms with Crippen molar-refractivity contribution < 1.29 is 4.74 Å². The van der Waals surface area contributed by atoms with Gasteiger partial charge in [-0.05, 0) is 38.5 Å². The Balaban J connectivity index is 1.90. The van der Waals surface area contributed by atoms with Crippen LogP contribution in [0, 0.1) is 13.8 Å². The molecule has 1 aromatic carbocycles. The molecule has 142 valence electrons. The van der Waals surface area contributed by atoms with Crippen LogP contribution in [0.1, 0.15) is 28.1 Å².